The molecule has 0 radical (unpaired) electrons. The quantitative estimate of drug-likeness (QED) is 0.572. The molecule has 132 valence electrons. The van der Waals surface area contributed by atoms with Crippen molar-refractivity contribution in [2.24, 2.45) is 23.7 Å². The minimum atomic E-state index is -0.220. The summed E-state index contributed by atoms with van der Waals surface area (Å²) in [5, 5.41) is 0. The van der Waals surface area contributed by atoms with E-state index in [0.29, 0.717) is 12.8 Å². The fourth-order valence-corrected chi connectivity index (χ4v) is 3.99. The second-order valence-corrected chi connectivity index (χ2v) is 7.16. The lowest BCUT2D eigenvalue weighted by Gasteiger charge is -2.22. The highest BCUT2D eigenvalue weighted by molar-refractivity contribution is 6.06. The maximum absolute atomic E-state index is 12.6. The van der Waals surface area contributed by atoms with E-state index < -0.39 is 0 Å². The van der Waals surface area contributed by atoms with Gasteiger partial charge in [-0.1, -0.05) is 44.6 Å². The number of rotatable bonds is 5. The van der Waals surface area contributed by atoms with Crippen molar-refractivity contribution in [2.45, 2.75) is 59.4 Å². The maximum atomic E-state index is 12.6. The molecule has 1 aliphatic heterocycles. The van der Waals surface area contributed by atoms with Crippen molar-refractivity contribution in [2.75, 3.05) is 0 Å². The number of Topliss-reactive ketones (excluding diaryl/α,β-unsaturated/α-hetero) is 1. The van der Waals surface area contributed by atoms with Crippen molar-refractivity contribution in [3.05, 3.63) is 24.3 Å². The molecule has 24 heavy (non-hydrogen) atoms. The molecule has 3 rings (SSSR count). The average molecular weight is 331 g/mol. The molecule has 0 aromatic heterocycles. The molecule has 4 nitrogen and oxygen atoms in total. The van der Waals surface area contributed by atoms with Gasteiger partial charge in [0, 0.05) is 6.42 Å². The van der Waals surface area contributed by atoms with Crippen LogP contribution in [-0.2, 0) is 14.4 Å². The van der Waals surface area contributed by atoms with E-state index in [1.54, 1.807) is 6.92 Å². The fraction of sp³-hybridized carbons (Fsp3) is 0.650. The minimum Gasteiger partial charge on any atom is -0.300 e. The van der Waals surface area contributed by atoms with Crippen molar-refractivity contribution in [1.82, 2.24) is 4.90 Å². The molecule has 0 aromatic carbocycles. The molecule has 3 aliphatic rings. The van der Waals surface area contributed by atoms with Gasteiger partial charge in [-0.2, -0.15) is 0 Å². The van der Waals surface area contributed by atoms with Crippen LogP contribution in [0.2, 0.25) is 0 Å². The Labute approximate surface area is 145 Å². The Hall–Kier alpha value is -1.71. The Balaban J connectivity index is 0.000000647. The number of amides is 2. The normalized spacial score (nSPS) is 31.4. The zero-order valence-corrected chi connectivity index (χ0v) is 15.2. The van der Waals surface area contributed by atoms with Crippen LogP contribution in [0, 0.1) is 23.7 Å². The van der Waals surface area contributed by atoms with Gasteiger partial charge in [-0.15, -0.1) is 0 Å². The maximum Gasteiger partial charge on any atom is 0.234 e. The van der Waals surface area contributed by atoms with Crippen LogP contribution in [0.25, 0.3) is 0 Å². The second kappa shape index (κ2) is 7.91. The third-order valence-corrected chi connectivity index (χ3v) is 4.99. The first-order chi connectivity index (χ1) is 11.4. The highest BCUT2D eigenvalue weighted by Crippen LogP contribution is 2.52. The topological polar surface area (TPSA) is 54.5 Å². The van der Waals surface area contributed by atoms with E-state index in [-0.39, 0.29) is 47.3 Å². The monoisotopic (exact) mass is 331 g/mol. The first kappa shape index (κ1) is 18.6. The summed E-state index contributed by atoms with van der Waals surface area (Å²) < 4.78 is 0. The van der Waals surface area contributed by atoms with E-state index in [0.717, 1.165) is 6.42 Å². The van der Waals surface area contributed by atoms with Gasteiger partial charge in [0.1, 0.15) is 5.78 Å². The third-order valence-electron chi connectivity index (χ3n) is 4.99. The number of carbonyl (C=O) groups is 3. The minimum absolute atomic E-state index is 0.00873. The number of allylic oxidation sites excluding steroid dienone is 3. The first-order valence-electron chi connectivity index (χ1n) is 9.13. The van der Waals surface area contributed by atoms with Crippen LogP contribution in [0.3, 0.4) is 0 Å². The number of hydrogen-bond acceptors (Lipinski definition) is 3. The highest BCUT2D eigenvalue weighted by atomic mass is 16.2. The van der Waals surface area contributed by atoms with Crippen LogP contribution in [0.1, 0.15) is 53.4 Å². The number of fused-ring (bicyclic) bond motifs is 5. The Kier molecular flexibility index (Phi) is 6.14. The zero-order valence-electron chi connectivity index (χ0n) is 15.2. The molecule has 5 unspecified atom stereocenters. The number of nitrogens with zero attached hydrogens (tertiary/aromatic N) is 1. The van der Waals surface area contributed by atoms with E-state index in [1.807, 2.05) is 19.1 Å². The van der Waals surface area contributed by atoms with Gasteiger partial charge in [-0.25, -0.2) is 0 Å². The third kappa shape index (κ3) is 3.52. The van der Waals surface area contributed by atoms with Crippen LogP contribution >= 0.6 is 0 Å². The molecule has 1 saturated heterocycles. The summed E-state index contributed by atoms with van der Waals surface area (Å²) in [7, 11) is 0. The van der Waals surface area contributed by atoms with Crippen LogP contribution in [0.5, 0.6) is 0 Å². The van der Waals surface area contributed by atoms with Crippen molar-refractivity contribution in [3.63, 3.8) is 0 Å². The molecular weight excluding hydrogens is 302 g/mol. The van der Waals surface area contributed by atoms with Crippen LogP contribution in [0.4, 0.5) is 0 Å². The summed E-state index contributed by atoms with van der Waals surface area (Å²) in [4.78, 5) is 37.4. The fourth-order valence-electron chi connectivity index (χ4n) is 3.99. The lowest BCUT2D eigenvalue weighted by Crippen LogP contribution is -2.39. The van der Waals surface area contributed by atoms with Gasteiger partial charge in [0.2, 0.25) is 11.8 Å². The number of hydrogen-bond donors (Lipinski definition) is 0. The molecule has 0 spiro atoms. The van der Waals surface area contributed by atoms with E-state index in [9.17, 15) is 14.4 Å². The summed E-state index contributed by atoms with van der Waals surface area (Å²) in [6.45, 7) is 7.69. The van der Waals surface area contributed by atoms with Gasteiger partial charge in [-0.3, -0.25) is 14.5 Å². The SMILES string of the molecule is CC(=O)CC/C=C\C(C)N1C(=O)C2C3C=CC(C3)C2C1=O.CCC. The van der Waals surface area contributed by atoms with Gasteiger partial charge >= 0.3 is 0 Å². The predicted molar refractivity (Wildman–Crippen MR) is 94.1 cm³/mol. The van der Waals surface area contributed by atoms with Gasteiger partial charge in [-0.05, 0) is 38.5 Å². The van der Waals surface area contributed by atoms with Gasteiger partial charge in [0.05, 0.1) is 17.9 Å². The molecule has 2 aliphatic carbocycles. The molecule has 0 N–H and O–H groups in total. The van der Waals surface area contributed by atoms with Crippen molar-refractivity contribution >= 4 is 17.6 Å². The summed E-state index contributed by atoms with van der Waals surface area (Å²) in [5.41, 5.74) is 0. The van der Waals surface area contributed by atoms with Gasteiger partial charge in [0.15, 0.2) is 0 Å². The number of likely N-dealkylation sites (tertiary alicyclic amines) is 1. The molecule has 4 heteroatoms. The molecule has 2 amide bonds. The number of carbonyl (C=O) groups excluding carboxylic acids is 3. The Morgan fingerprint density at radius 3 is 2.17 bits per heavy atom. The summed E-state index contributed by atoms with van der Waals surface area (Å²) in [6, 6.07) is -0.220. The summed E-state index contributed by atoms with van der Waals surface area (Å²) in [6.07, 6.45) is 11.4. The Morgan fingerprint density at radius 2 is 1.71 bits per heavy atom. The number of imide groups is 1. The summed E-state index contributed by atoms with van der Waals surface area (Å²) in [5.74, 6) is 0.403. The molecule has 5 atom stereocenters. The molecule has 0 aromatic rings. The molecular formula is C20H29NO3. The summed E-state index contributed by atoms with van der Waals surface area (Å²) >= 11 is 0. The van der Waals surface area contributed by atoms with Crippen molar-refractivity contribution in [3.8, 4) is 0 Å². The van der Waals surface area contributed by atoms with Crippen LogP contribution < -0.4 is 0 Å². The standard InChI is InChI=1S/C17H21NO3.C3H8/c1-10(5-3-4-6-11(2)19)18-16(20)14-12-7-8-13(9-12)15(14)17(18)21;1-3-2/h3,5,7-8,10,12-15H,4,6,9H2,1-2H3;3H2,1-2H3/b5-3-;. The first-order valence-corrected chi connectivity index (χ1v) is 9.13. The van der Waals surface area contributed by atoms with Crippen LogP contribution in [0.15, 0.2) is 24.3 Å². The van der Waals surface area contributed by atoms with E-state index in [1.165, 1.54) is 11.3 Å². The molecule has 2 fully saturated rings. The van der Waals surface area contributed by atoms with Crippen molar-refractivity contribution in [1.29, 1.82) is 0 Å². The second-order valence-electron chi connectivity index (χ2n) is 7.16. The molecule has 1 saturated carbocycles. The smallest absolute Gasteiger partial charge is 0.234 e. The van der Waals surface area contributed by atoms with E-state index in [2.05, 4.69) is 26.0 Å². The van der Waals surface area contributed by atoms with Crippen LogP contribution in [-0.4, -0.2) is 28.5 Å². The van der Waals surface area contributed by atoms with Crippen molar-refractivity contribution < 1.29 is 14.4 Å². The number of ketones is 1. The lowest BCUT2D eigenvalue weighted by molar-refractivity contribution is -0.142. The predicted octanol–water partition coefficient (Wildman–Crippen LogP) is 3.52. The van der Waals surface area contributed by atoms with E-state index in [4.69, 9.17) is 0 Å². The lowest BCUT2D eigenvalue weighted by atomic mass is 9.85. The Bertz CT molecular complexity index is 533. The van der Waals surface area contributed by atoms with Gasteiger partial charge < -0.3 is 4.79 Å². The molecule has 1 heterocycles. The zero-order chi connectivity index (χ0) is 17.9. The largest absolute Gasteiger partial charge is 0.300 e. The highest BCUT2D eigenvalue weighted by Gasteiger charge is 2.59. The average Bonchev–Trinajstić information content (AvgIpc) is 3.18. The Morgan fingerprint density at radius 1 is 1.21 bits per heavy atom. The molecule has 2 bridgehead atoms. The van der Waals surface area contributed by atoms with Gasteiger partial charge in [0.25, 0.3) is 0 Å². The van der Waals surface area contributed by atoms with E-state index >= 15 is 0 Å².